The fourth-order valence-corrected chi connectivity index (χ4v) is 1.90. The zero-order chi connectivity index (χ0) is 14.3. The molecule has 0 bridgehead atoms. The molecule has 0 saturated carbocycles. The van der Waals surface area contributed by atoms with Crippen LogP contribution in [0.15, 0.2) is 12.2 Å². The lowest BCUT2D eigenvalue weighted by atomic mass is 10.1. The van der Waals surface area contributed by atoms with Crippen LogP contribution in [0.4, 0.5) is 0 Å². The van der Waals surface area contributed by atoms with Gasteiger partial charge in [0.1, 0.15) is 0 Å². The SMILES string of the molecule is O=C(O)C/C=C\CCCCCCCCCCC(=O)O. The lowest BCUT2D eigenvalue weighted by Gasteiger charge is -2.00. The summed E-state index contributed by atoms with van der Waals surface area (Å²) >= 11 is 0. The molecule has 0 aromatic carbocycles. The molecule has 0 atom stereocenters. The van der Waals surface area contributed by atoms with Crippen molar-refractivity contribution < 1.29 is 19.8 Å². The van der Waals surface area contributed by atoms with Crippen molar-refractivity contribution >= 4 is 11.9 Å². The Bertz CT molecular complexity index is 271. The fourth-order valence-electron chi connectivity index (χ4n) is 1.90. The number of carbonyl (C=O) groups is 2. The number of aliphatic carboxylic acids is 2. The first-order valence-electron chi connectivity index (χ1n) is 7.21. The van der Waals surface area contributed by atoms with Gasteiger partial charge in [-0.15, -0.1) is 0 Å². The highest BCUT2D eigenvalue weighted by Crippen LogP contribution is 2.10. The second-order valence-corrected chi connectivity index (χ2v) is 4.83. The van der Waals surface area contributed by atoms with Crippen LogP contribution in [0.1, 0.15) is 70.6 Å². The van der Waals surface area contributed by atoms with Crippen molar-refractivity contribution in [1.82, 2.24) is 0 Å². The van der Waals surface area contributed by atoms with E-state index in [1.807, 2.05) is 6.08 Å². The van der Waals surface area contributed by atoms with Crippen molar-refractivity contribution in [2.75, 3.05) is 0 Å². The minimum atomic E-state index is -0.779. The Morgan fingerprint density at radius 2 is 1.21 bits per heavy atom. The van der Waals surface area contributed by atoms with Gasteiger partial charge in [-0.1, -0.05) is 50.7 Å². The fraction of sp³-hybridized carbons (Fsp3) is 0.733. The van der Waals surface area contributed by atoms with E-state index >= 15 is 0 Å². The molecule has 2 N–H and O–H groups in total. The van der Waals surface area contributed by atoms with E-state index in [2.05, 4.69) is 0 Å². The van der Waals surface area contributed by atoms with Crippen LogP contribution < -0.4 is 0 Å². The Hall–Kier alpha value is -1.32. The smallest absolute Gasteiger partial charge is 0.307 e. The molecule has 110 valence electrons. The molecule has 0 fully saturated rings. The number of hydrogen-bond donors (Lipinski definition) is 2. The minimum Gasteiger partial charge on any atom is -0.481 e. The molecular formula is C15H26O4. The van der Waals surface area contributed by atoms with E-state index in [1.165, 1.54) is 25.7 Å². The van der Waals surface area contributed by atoms with Gasteiger partial charge in [-0.3, -0.25) is 9.59 Å². The van der Waals surface area contributed by atoms with Crippen LogP contribution in [0.2, 0.25) is 0 Å². The summed E-state index contributed by atoms with van der Waals surface area (Å²) in [5, 5.41) is 16.9. The van der Waals surface area contributed by atoms with Crippen molar-refractivity contribution in [2.45, 2.75) is 70.6 Å². The lowest BCUT2D eigenvalue weighted by Crippen LogP contribution is -1.93. The molecule has 0 spiro atoms. The first-order chi connectivity index (χ1) is 9.13. The second-order valence-electron chi connectivity index (χ2n) is 4.83. The Kier molecular flexibility index (Phi) is 12.2. The summed E-state index contributed by atoms with van der Waals surface area (Å²) in [6.07, 6.45) is 13.9. The highest BCUT2D eigenvalue weighted by atomic mass is 16.4. The predicted octanol–water partition coefficient (Wildman–Crippen LogP) is 4.00. The molecular weight excluding hydrogens is 244 g/mol. The number of carboxylic acid groups (broad SMARTS) is 2. The van der Waals surface area contributed by atoms with Gasteiger partial charge >= 0.3 is 11.9 Å². The molecule has 0 aliphatic rings. The van der Waals surface area contributed by atoms with Crippen LogP contribution in [0.25, 0.3) is 0 Å². The molecule has 0 aliphatic carbocycles. The maximum Gasteiger partial charge on any atom is 0.307 e. The Morgan fingerprint density at radius 1 is 0.684 bits per heavy atom. The third-order valence-corrected chi connectivity index (χ3v) is 2.97. The lowest BCUT2D eigenvalue weighted by molar-refractivity contribution is -0.137. The van der Waals surface area contributed by atoms with Crippen molar-refractivity contribution in [1.29, 1.82) is 0 Å². The molecule has 4 heteroatoms. The molecule has 0 amide bonds. The van der Waals surface area contributed by atoms with Gasteiger partial charge in [0.2, 0.25) is 0 Å². The van der Waals surface area contributed by atoms with Crippen LogP contribution in [-0.4, -0.2) is 22.2 Å². The Balaban J connectivity index is 3.08. The molecule has 0 aromatic heterocycles. The van der Waals surface area contributed by atoms with E-state index in [0.29, 0.717) is 6.42 Å². The molecule has 0 radical (unpaired) electrons. The second kappa shape index (κ2) is 13.1. The average Bonchev–Trinajstić information content (AvgIpc) is 2.34. The predicted molar refractivity (Wildman–Crippen MR) is 75.2 cm³/mol. The minimum absolute atomic E-state index is 0.121. The number of rotatable bonds is 13. The normalized spacial score (nSPS) is 10.9. The van der Waals surface area contributed by atoms with Gasteiger partial charge in [0, 0.05) is 6.42 Å². The highest BCUT2D eigenvalue weighted by Gasteiger charge is 1.96. The summed E-state index contributed by atoms with van der Waals surface area (Å²) in [7, 11) is 0. The molecule has 0 aliphatic heterocycles. The van der Waals surface area contributed by atoms with E-state index in [-0.39, 0.29) is 6.42 Å². The van der Waals surface area contributed by atoms with Gasteiger partial charge in [0.05, 0.1) is 6.42 Å². The monoisotopic (exact) mass is 270 g/mol. The van der Waals surface area contributed by atoms with Crippen LogP contribution in [0, 0.1) is 0 Å². The average molecular weight is 270 g/mol. The first-order valence-corrected chi connectivity index (χ1v) is 7.21. The van der Waals surface area contributed by atoms with Crippen LogP contribution >= 0.6 is 0 Å². The molecule has 19 heavy (non-hydrogen) atoms. The summed E-state index contributed by atoms with van der Waals surface area (Å²) in [6, 6.07) is 0. The van der Waals surface area contributed by atoms with Gasteiger partial charge in [-0.25, -0.2) is 0 Å². The highest BCUT2D eigenvalue weighted by molar-refractivity contribution is 5.68. The third kappa shape index (κ3) is 16.7. The zero-order valence-electron chi connectivity index (χ0n) is 11.6. The van der Waals surface area contributed by atoms with Gasteiger partial charge in [-0.05, 0) is 19.3 Å². The maximum atomic E-state index is 10.3. The van der Waals surface area contributed by atoms with Crippen molar-refractivity contribution in [3.8, 4) is 0 Å². The number of allylic oxidation sites excluding steroid dienone is 1. The number of hydrogen-bond acceptors (Lipinski definition) is 2. The van der Waals surface area contributed by atoms with Gasteiger partial charge in [0.15, 0.2) is 0 Å². The summed E-state index contributed by atoms with van der Waals surface area (Å²) in [5.74, 6) is -1.48. The van der Waals surface area contributed by atoms with E-state index in [9.17, 15) is 9.59 Å². The Morgan fingerprint density at radius 3 is 1.74 bits per heavy atom. The quantitative estimate of drug-likeness (QED) is 0.392. The Labute approximate surface area is 115 Å². The van der Waals surface area contributed by atoms with Crippen LogP contribution in [0.3, 0.4) is 0 Å². The van der Waals surface area contributed by atoms with Gasteiger partial charge in [0.25, 0.3) is 0 Å². The molecule has 0 unspecified atom stereocenters. The zero-order valence-corrected chi connectivity index (χ0v) is 11.6. The third-order valence-electron chi connectivity index (χ3n) is 2.97. The van der Waals surface area contributed by atoms with E-state index in [0.717, 1.165) is 32.1 Å². The molecule has 4 nitrogen and oxygen atoms in total. The maximum absolute atomic E-state index is 10.3. The van der Waals surface area contributed by atoms with Crippen LogP contribution in [-0.2, 0) is 9.59 Å². The van der Waals surface area contributed by atoms with E-state index in [4.69, 9.17) is 10.2 Å². The largest absolute Gasteiger partial charge is 0.481 e. The van der Waals surface area contributed by atoms with E-state index in [1.54, 1.807) is 6.08 Å². The van der Waals surface area contributed by atoms with Gasteiger partial charge < -0.3 is 10.2 Å². The molecule has 0 saturated heterocycles. The molecule has 0 heterocycles. The number of carboxylic acids is 2. The van der Waals surface area contributed by atoms with Crippen molar-refractivity contribution in [3.05, 3.63) is 12.2 Å². The summed E-state index contributed by atoms with van der Waals surface area (Å²) in [4.78, 5) is 20.5. The number of unbranched alkanes of at least 4 members (excludes halogenated alkanes) is 8. The standard InChI is InChI=1S/C15H26O4/c16-14(17)12-10-8-6-4-2-1-3-5-7-9-11-13-15(18)19/h8,10H,1-7,9,11-13H2,(H,16,17)(H,18,19)/b10-8-. The van der Waals surface area contributed by atoms with Crippen LogP contribution in [0.5, 0.6) is 0 Å². The van der Waals surface area contributed by atoms with E-state index < -0.39 is 11.9 Å². The topological polar surface area (TPSA) is 74.6 Å². The van der Waals surface area contributed by atoms with Crippen molar-refractivity contribution in [3.63, 3.8) is 0 Å². The molecule has 0 rings (SSSR count). The summed E-state index contributed by atoms with van der Waals surface area (Å²) in [6.45, 7) is 0. The van der Waals surface area contributed by atoms with Gasteiger partial charge in [-0.2, -0.15) is 0 Å². The van der Waals surface area contributed by atoms with Crippen molar-refractivity contribution in [2.24, 2.45) is 0 Å². The first kappa shape index (κ1) is 17.7. The molecule has 0 aromatic rings. The summed E-state index contributed by atoms with van der Waals surface area (Å²) in [5.41, 5.74) is 0. The summed E-state index contributed by atoms with van der Waals surface area (Å²) < 4.78 is 0.